The zero-order valence-electron chi connectivity index (χ0n) is 17.8. The number of aryl methyl sites for hydroxylation is 1. The Bertz CT molecular complexity index is 1280. The first-order valence-electron chi connectivity index (χ1n) is 9.77. The Labute approximate surface area is 196 Å². The maximum Gasteiger partial charge on any atom is 0.253 e. The number of carbonyl (C=O) groups is 2. The van der Waals surface area contributed by atoms with Crippen LogP contribution in [-0.2, 0) is 0 Å². The van der Waals surface area contributed by atoms with Gasteiger partial charge in [0.25, 0.3) is 5.91 Å². The highest BCUT2D eigenvalue weighted by atomic mass is 35.5. The van der Waals surface area contributed by atoms with Gasteiger partial charge in [0.15, 0.2) is 12.1 Å². The second-order valence-electron chi connectivity index (χ2n) is 6.87. The number of para-hydroxylation sites is 1. The van der Waals surface area contributed by atoms with Crippen LogP contribution in [0.2, 0.25) is 10.0 Å². The normalized spacial score (nSPS) is 10.3. The number of nitrogens with one attached hydrogen (secondary N) is 2. The Hall–Kier alpha value is -3.35. The monoisotopic (exact) mass is 468 g/mol. The smallest absolute Gasteiger partial charge is 0.253 e. The summed E-state index contributed by atoms with van der Waals surface area (Å²) < 4.78 is 1.83. The maximum atomic E-state index is 11.5. The molecule has 6 nitrogen and oxygen atoms in total. The number of anilines is 1. The van der Waals surface area contributed by atoms with Crippen LogP contribution in [-0.4, -0.2) is 35.8 Å². The molecule has 32 heavy (non-hydrogen) atoms. The van der Waals surface area contributed by atoms with Crippen LogP contribution in [0.4, 0.5) is 5.69 Å². The van der Waals surface area contributed by atoms with Gasteiger partial charge in [-0.1, -0.05) is 35.3 Å². The van der Waals surface area contributed by atoms with Crippen molar-refractivity contribution in [1.82, 2.24) is 14.9 Å². The van der Waals surface area contributed by atoms with Crippen LogP contribution in [0.3, 0.4) is 0 Å². The summed E-state index contributed by atoms with van der Waals surface area (Å²) in [5.74, 6) is 0.489. The zero-order valence-corrected chi connectivity index (χ0v) is 19.3. The van der Waals surface area contributed by atoms with Crippen LogP contribution in [0, 0.1) is 6.92 Å². The molecule has 0 aliphatic heterocycles. The van der Waals surface area contributed by atoms with Gasteiger partial charge >= 0.3 is 0 Å². The van der Waals surface area contributed by atoms with Crippen LogP contribution in [0.1, 0.15) is 26.3 Å². The predicted octanol–water partition coefficient (Wildman–Crippen LogP) is 5.54. The van der Waals surface area contributed by atoms with E-state index < -0.39 is 0 Å². The van der Waals surface area contributed by atoms with Crippen LogP contribution in [0.5, 0.6) is 0 Å². The van der Waals surface area contributed by atoms with Crippen LogP contribution < -0.4 is 10.6 Å². The molecule has 164 valence electrons. The molecule has 2 aromatic heterocycles. The number of rotatable bonds is 4. The lowest BCUT2D eigenvalue weighted by Crippen LogP contribution is -2.19. The molecular weight excluding hydrogens is 447 g/mol. The number of halogens is 2. The molecule has 8 heteroatoms. The van der Waals surface area contributed by atoms with Crippen molar-refractivity contribution in [2.45, 2.75) is 6.92 Å². The van der Waals surface area contributed by atoms with Gasteiger partial charge in [0.1, 0.15) is 0 Å². The van der Waals surface area contributed by atoms with E-state index in [9.17, 15) is 9.59 Å². The van der Waals surface area contributed by atoms with E-state index in [-0.39, 0.29) is 5.91 Å². The number of pyridine rings is 1. The van der Waals surface area contributed by atoms with Crippen molar-refractivity contribution < 1.29 is 9.59 Å². The number of benzene rings is 2. The number of aldehydes is 1. The van der Waals surface area contributed by atoms with E-state index in [1.165, 1.54) is 0 Å². The lowest BCUT2D eigenvalue weighted by molar-refractivity contribution is 0.0963. The van der Waals surface area contributed by atoms with Crippen LogP contribution in [0.15, 0.2) is 60.9 Å². The first kappa shape index (κ1) is 23.3. The lowest BCUT2D eigenvalue weighted by atomic mass is 10.1. The van der Waals surface area contributed by atoms with E-state index in [1.807, 2.05) is 42.0 Å². The first-order valence-corrected chi connectivity index (χ1v) is 10.5. The highest BCUT2D eigenvalue weighted by Crippen LogP contribution is 2.26. The summed E-state index contributed by atoms with van der Waals surface area (Å²) in [6.45, 7) is 1.91. The van der Waals surface area contributed by atoms with Crippen molar-refractivity contribution in [3.05, 3.63) is 87.7 Å². The number of hydrogen-bond acceptors (Lipinski definition) is 4. The van der Waals surface area contributed by atoms with Gasteiger partial charge in [-0.3, -0.25) is 14.2 Å². The largest absolute Gasteiger partial charge is 0.387 e. The fourth-order valence-electron chi connectivity index (χ4n) is 3.44. The second kappa shape index (κ2) is 10.3. The summed E-state index contributed by atoms with van der Waals surface area (Å²) in [5, 5.41) is 7.67. The molecule has 4 aromatic rings. The minimum Gasteiger partial charge on any atom is -0.387 e. The van der Waals surface area contributed by atoms with Gasteiger partial charge in [-0.15, -0.1) is 0 Å². The average molecular weight is 469 g/mol. The summed E-state index contributed by atoms with van der Waals surface area (Å²) in [4.78, 5) is 26.9. The van der Waals surface area contributed by atoms with Crippen molar-refractivity contribution in [2.75, 3.05) is 19.4 Å². The molecule has 2 heterocycles. The molecule has 0 bridgehead atoms. The highest BCUT2D eigenvalue weighted by Gasteiger charge is 2.12. The van der Waals surface area contributed by atoms with Gasteiger partial charge in [-0.05, 0) is 48.9 Å². The minimum absolute atomic E-state index is 0.139. The molecule has 0 aliphatic rings. The van der Waals surface area contributed by atoms with Crippen molar-refractivity contribution in [3.8, 4) is 5.82 Å². The number of fused-ring (bicyclic) bond motifs is 1. The van der Waals surface area contributed by atoms with E-state index in [0.717, 1.165) is 28.4 Å². The molecule has 0 fully saturated rings. The van der Waals surface area contributed by atoms with Gasteiger partial charge in [0.2, 0.25) is 0 Å². The lowest BCUT2D eigenvalue weighted by Gasteiger charge is -2.11. The quantitative estimate of drug-likeness (QED) is 0.385. The third kappa shape index (κ3) is 4.77. The second-order valence-corrected chi connectivity index (χ2v) is 7.72. The molecule has 0 spiro atoms. The van der Waals surface area contributed by atoms with E-state index in [4.69, 9.17) is 23.2 Å². The molecule has 4 rings (SSSR count). The molecule has 0 aliphatic carbocycles. The topological polar surface area (TPSA) is 76.0 Å². The SMILES string of the molecule is CNC(=O)c1cc(Cl)cc(C)c1NC.O=Cc1cccc2ccn(-c3ncccc3Cl)c12. The standard InChI is InChI=1S/C14H9ClN2O.C10H13ClN2O/c15-12-5-2-7-16-14(12)17-8-6-10-3-1-4-11(9-18)13(10)17;1-6-4-7(11)5-8(9(6)12-2)10(14)13-3/h1-9H;4-5,12H,1-3H3,(H,13,14). The maximum absolute atomic E-state index is 11.5. The van der Waals surface area contributed by atoms with Gasteiger partial charge in [0, 0.05) is 48.1 Å². The summed E-state index contributed by atoms with van der Waals surface area (Å²) >= 11 is 12.0. The third-order valence-corrected chi connectivity index (χ3v) is 5.37. The number of hydrogen-bond donors (Lipinski definition) is 2. The predicted molar refractivity (Wildman–Crippen MR) is 131 cm³/mol. The number of carbonyl (C=O) groups excluding carboxylic acids is 2. The average Bonchev–Trinajstić information content (AvgIpc) is 3.23. The Kier molecular flexibility index (Phi) is 7.51. The Morgan fingerprint density at radius 3 is 2.53 bits per heavy atom. The highest BCUT2D eigenvalue weighted by molar-refractivity contribution is 6.32. The summed E-state index contributed by atoms with van der Waals surface area (Å²) in [5.41, 5.74) is 3.79. The number of amides is 1. The first-order chi connectivity index (χ1) is 15.4. The van der Waals surface area contributed by atoms with Gasteiger partial charge in [-0.25, -0.2) is 4.98 Å². The fraction of sp³-hybridized carbons (Fsp3) is 0.125. The number of aromatic nitrogens is 2. The third-order valence-electron chi connectivity index (χ3n) is 4.86. The van der Waals surface area contributed by atoms with E-state index in [0.29, 0.717) is 27.0 Å². The molecule has 0 saturated heterocycles. The van der Waals surface area contributed by atoms with E-state index in [2.05, 4.69) is 15.6 Å². The van der Waals surface area contributed by atoms with E-state index >= 15 is 0 Å². The fourth-order valence-corrected chi connectivity index (χ4v) is 3.92. The van der Waals surface area contributed by atoms with E-state index in [1.54, 1.807) is 44.6 Å². The molecule has 0 radical (unpaired) electrons. The van der Waals surface area contributed by atoms with Gasteiger partial charge in [-0.2, -0.15) is 0 Å². The minimum atomic E-state index is -0.139. The van der Waals surface area contributed by atoms with Crippen LogP contribution in [0.25, 0.3) is 16.7 Å². The van der Waals surface area contributed by atoms with Crippen molar-refractivity contribution in [1.29, 1.82) is 0 Å². The molecule has 2 aromatic carbocycles. The Morgan fingerprint density at radius 2 is 1.88 bits per heavy atom. The molecule has 0 unspecified atom stereocenters. The molecular formula is C24H22Cl2N4O2. The summed E-state index contributed by atoms with van der Waals surface area (Å²) in [7, 11) is 3.38. The molecule has 2 N–H and O–H groups in total. The summed E-state index contributed by atoms with van der Waals surface area (Å²) in [6, 6.07) is 14.6. The molecule has 0 atom stereocenters. The number of nitrogens with zero attached hydrogens (tertiary/aromatic N) is 2. The molecule has 1 amide bonds. The van der Waals surface area contributed by atoms with Crippen molar-refractivity contribution >= 4 is 52.0 Å². The zero-order chi connectivity index (χ0) is 23.3. The molecule has 0 saturated carbocycles. The van der Waals surface area contributed by atoms with Crippen LogP contribution >= 0.6 is 23.2 Å². The van der Waals surface area contributed by atoms with Gasteiger partial charge in [0.05, 0.1) is 16.1 Å². The Balaban J connectivity index is 0.000000188. The van der Waals surface area contributed by atoms with Crippen molar-refractivity contribution in [3.63, 3.8) is 0 Å². The van der Waals surface area contributed by atoms with Gasteiger partial charge < -0.3 is 10.6 Å². The van der Waals surface area contributed by atoms with Crippen molar-refractivity contribution in [2.24, 2.45) is 0 Å². The Morgan fingerprint density at radius 1 is 1.09 bits per heavy atom. The summed E-state index contributed by atoms with van der Waals surface area (Å²) in [6.07, 6.45) is 4.39.